The highest BCUT2D eigenvalue weighted by Gasteiger charge is 2.24. The van der Waals surface area contributed by atoms with Crippen LogP contribution in [0, 0.1) is 0 Å². The van der Waals surface area contributed by atoms with Gasteiger partial charge in [-0.1, -0.05) is 6.08 Å². The van der Waals surface area contributed by atoms with E-state index < -0.39 is 11.6 Å². The Morgan fingerprint density at radius 2 is 2.04 bits per heavy atom. The molecule has 0 fully saturated rings. The Morgan fingerprint density at radius 1 is 1.26 bits per heavy atom. The van der Waals surface area contributed by atoms with Crippen molar-refractivity contribution in [1.29, 1.82) is 0 Å². The normalized spacial score (nSPS) is 14.8. The Morgan fingerprint density at radius 3 is 2.67 bits per heavy atom. The average molecular weight is 372 g/mol. The molecule has 0 spiro atoms. The van der Waals surface area contributed by atoms with Gasteiger partial charge in [-0.05, 0) is 39.7 Å². The molecule has 144 valence electrons. The fourth-order valence-corrected chi connectivity index (χ4v) is 2.76. The molecule has 1 aliphatic rings. The molecular formula is C19H24N4O4. The second kappa shape index (κ2) is 7.38. The first-order chi connectivity index (χ1) is 12.8. The Labute approximate surface area is 157 Å². The third kappa shape index (κ3) is 4.45. The molecular weight excluding hydrogens is 348 g/mol. The maximum atomic E-state index is 12.2. The van der Waals surface area contributed by atoms with E-state index in [-0.39, 0.29) is 11.8 Å². The lowest BCUT2D eigenvalue weighted by atomic mass is 10.1. The number of amides is 1. The summed E-state index contributed by atoms with van der Waals surface area (Å²) in [5, 5.41) is 0. The van der Waals surface area contributed by atoms with Crippen molar-refractivity contribution in [2.24, 2.45) is 0 Å². The van der Waals surface area contributed by atoms with Crippen LogP contribution in [0.15, 0.2) is 24.7 Å². The first-order valence-electron chi connectivity index (χ1n) is 8.96. The summed E-state index contributed by atoms with van der Waals surface area (Å²) >= 11 is 0. The number of carbonyl (C=O) groups is 2. The van der Waals surface area contributed by atoms with Crippen molar-refractivity contribution in [2.45, 2.75) is 39.7 Å². The van der Waals surface area contributed by atoms with Crippen molar-refractivity contribution in [1.82, 2.24) is 19.3 Å². The standard InChI is InChI=1S/C19H24N4O4/c1-5-26-17(24)15-12-23-11-14(20-10-16(23)21-15)13-6-8-22(9-7-13)18(25)27-19(2,3)4/h6,10-12H,5,7-9H2,1-4H3. The topological polar surface area (TPSA) is 86.0 Å². The van der Waals surface area contributed by atoms with Crippen LogP contribution in [0.25, 0.3) is 11.2 Å². The van der Waals surface area contributed by atoms with Gasteiger partial charge in [-0.2, -0.15) is 0 Å². The van der Waals surface area contributed by atoms with Crippen LogP contribution in [0.5, 0.6) is 0 Å². The maximum Gasteiger partial charge on any atom is 0.410 e. The summed E-state index contributed by atoms with van der Waals surface area (Å²) in [5.41, 5.74) is 2.16. The predicted molar refractivity (Wildman–Crippen MR) is 99.3 cm³/mol. The summed E-state index contributed by atoms with van der Waals surface area (Å²) in [4.78, 5) is 34.3. The van der Waals surface area contributed by atoms with E-state index in [1.807, 2.05) is 33.0 Å². The maximum absolute atomic E-state index is 12.2. The minimum absolute atomic E-state index is 0.254. The molecule has 8 nitrogen and oxygen atoms in total. The Bertz CT molecular complexity index is 895. The lowest BCUT2D eigenvalue weighted by Gasteiger charge is -2.29. The van der Waals surface area contributed by atoms with E-state index in [4.69, 9.17) is 9.47 Å². The van der Waals surface area contributed by atoms with Crippen LogP contribution < -0.4 is 0 Å². The molecule has 0 radical (unpaired) electrons. The van der Waals surface area contributed by atoms with E-state index >= 15 is 0 Å². The molecule has 3 heterocycles. The molecule has 2 aromatic rings. The van der Waals surface area contributed by atoms with Gasteiger partial charge in [-0.3, -0.25) is 4.98 Å². The quantitative estimate of drug-likeness (QED) is 0.770. The summed E-state index contributed by atoms with van der Waals surface area (Å²) in [6, 6.07) is 0. The van der Waals surface area contributed by atoms with Gasteiger partial charge in [0.05, 0.1) is 18.5 Å². The molecule has 0 saturated heterocycles. The Hall–Kier alpha value is -2.90. The summed E-state index contributed by atoms with van der Waals surface area (Å²) in [7, 11) is 0. The predicted octanol–water partition coefficient (Wildman–Crippen LogP) is 2.93. The number of imidazole rings is 1. The largest absolute Gasteiger partial charge is 0.461 e. The van der Waals surface area contributed by atoms with E-state index in [2.05, 4.69) is 9.97 Å². The SMILES string of the molecule is CCOC(=O)c1cn2cc(C3=CCN(C(=O)OC(C)(C)C)CC3)ncc2n1. The molecule has 0 unspecified atom stereocenters. The fourth-order valence-electron chi connectivity index (χ4n) is 2.76. The van der Waals surface area contributed by atoms with Crippen LogP contribution in [0.3, 0.4) is 0 Å². The summed E-state index contributed by atoms with van der Waals surface area (Å²) in [6.07, 6.45) is 7.44. The third-order valence-corrected chi connectivity index (χ3v) is 4.02. The van der Waals surface area contributed by atoms with E-state index in [0.717, 1.165) is 11.3 Å². The van der Waals surface area contributed by atoms with Gasteiger partial charge in [0.15, 0.2) is 11.3 Å². The van der Waals surface area contributed by atoms with Gasteiger partial charge in [0.2, 0.25) is 0 Å². The molecule has 0 aromatic carbocycles. The molecule has 27 heavy (non-hydrogen) atoms. The molecule has 3 rings (SSSR count). The molecule has 2 aromatic heterocycles. The van der Waals surface area contributed by atoms with Crippen molar-refractivity contribution in [2.75, 3.05) is 19.7 Å². The van der Waals surface area contributed by atoms with Gasteiger partial charge in [0.25, 0.3) is 0 Å². The summed E-state index contributed by atoms with van der Waals surface area (Å²) < 4.78 is 12.1. The summed E-state index contributed by atoms with van der Waals surface area (Å²) in [6.45, 7) is 8.65. The number of fused-ring (bicyclic) bond motifs is 1. The Balaban J connectivity index is 1.74. The number of carbonyl (C=O) groups excluding carboxylic acids is 2. The van der Waals surface area contributed by atoms with Crippen molar-refractivity contribution in [3.8, 4) is 0 Å². The third-order valence-electron chi connectivity index (χ3n) is 4.02. The van der Waals surface area contributed by atoms with Crippen LogP contribution in [0.1, 0.15) is 50.3 Å². The number of aromatic nitrogens is 3. The van der Waals surface area contributed by atoms with Gasteiger partial charge in [-0.25, -0.2) is 14.6 Å². The van der Waals surface area contributed by atoms with E-state index in [1.54, 1.807) is 28.6 Å². The van der Waals surface area contributed by atoms with E-state index in [9.17, 15) is 9.59 Å². The van der Waals surface area contributed by atoms with Crippen LogP contribution in [-0.2, 0) is 9.47 Å². The lowest BCUT2D eigenvalue weighted by Crippen LogP contribution is -2.39. The molecule has 1 aliphatic heterocycles. The highest BCUT2D eigenvalue weighted by molar-refractivity contribution is 5.88. The summed E-state index contributed by atoms with van der Waals surface area (Å²) in [5.74, 6) is -0.451. The van der Waals surface area contributed by atoms with Crippen LogP contribution in [-0.4, -0.2) is 56.6 Å². The van der Waals surface area contributed by atoms with Crippen molar-refractivity contribution < 1.29 is 19.1 Å². The molecule has 0 bridgehead atoms. The van der Waals surface area contributed by atoms with Gasteiger partial charge < -0.3 is 18.8 Å². The van der Waals surface area contributed by atoms with Gasteiger partial charge >= 0.3 is 12.1 Å². The molecule has 0 aliphatic carbocycles. The number of rotatable bonds is 3. The van der Waals surface area contributed by atoms with Gasteiger partial charge in [-0.15, -0.1) is 0 Å². The van der Waals surface area contributed by atoms with E-state index in [1.165, 1.54) is 0 Å². The first-order valence-corrected chi connectivity index (χ1v) is 8.96. The number of hydrogen-bond acceptors (Lipinski definition) is 6. The van der Waals surface area contributed by atoms with Gasteiger partial charge in [0, 0.05) is 25.5 Å². The smallest absolute Gasteiger partial charge is 0.410 e. The number of nitrogens with zero attached hydrogens (tertiary/aromatic N) is 4. The second-order valence-corrected chi connectivity index (χ2v) is 7.29. The zero-order valence-corrected chi connectivity index (χ0v) is 16.1. The Kier molecular flexibility index (Phi) is 5.16. The van der Waals surface area contributed by atoms with Crippen molar-refractivity contribution in [3.63, 3.8) is 0 Å². The van der Waals surface area contributed by atoms with Crippen LogP contribution in [0.4, 0.5) is 4.79 Å². The zero-order valence-electron chi connectivity index (χ0n) is 16.1. The van der Waals surface area contributed by atoms with Crippen LogP contribution >= 0.6 is 0 Å². The zero-order chi connectivity index (χ0) is 19.6. The molecule has 0 saturated carbocycles. The van der Waals surface area contributed by atoms with Crippen LogP contribution in [0.2, 0.25) is 0 Å². The molecule has 8 heteroatoms. The fraction of sp³-hybridized carbons (Fsp3) is 0.474. The lowest BCUT2D eigenvalue weighted by molar-refractivity contribution is 0.0270. The molecule has 0 N–H and O–H groups in total. The van der Waals surface area contributed by atoms with Crippen molar-refractivity contribution >= 4 is 23.3 Å². The minimum Gasteiger partial charge on any atom is -0.461 e. The number of esters is 1. The monoisotopic (exact) mass is 372 g/mol. The van der Waals surface area contributed by atoms with E-state index in [0.29, 0.717) is 31.8 Å². The number of hydrogen-bond donors (Lipinski definition) is 0. The van der Waals surface area contributed by atoms with Crippen molar-refractivity contribution in [3.05, 3.63) is 36.1 Å². The second-order valence-electron chi connectivity index (χ2n) is 7.29. The highest BCUT2D eigenvalue weighted by Crippen LogP contribution is 2.22. The highest BCUT2D eigenvalue weighted by atomic mass is 16.6. The molecule has 1 amide bonds. The molecule has 0 atom stereocenters. The number of ether oxygens (including phenoxy) is 2. The minimum atomic E-state index is -0.508. The average Bonchev–Trinajstić information content (AvgIpc) is 3.04. The van der Waals surface area contributed by atoms with Gasteiger partial charge in [0.1, 0.15) is 5.60 Å². The first kappa shape index (κ1) is 18.9.